The van der Waals surface area contributed by atoms with Crippen molar-refractivity contribution < 1.29 is 4.39 Å². The SMILES string of the molecule is CC(CCl)CCCNCc1cccc(F)c1Cl. The van der Waals surface area contributed by atoms with Crippen LogP contribution in [0, 0.1) is 11.7 Å². The maximum Gasteiger partial charge on any atom is 0.142 e. The van der Waals surface area contributed by atoms with Gasteiger partial charge in [-0.2, -0.15) is 0 Å². The lowest BCUT2D eigenvalue weighted by Crippen LogP contribution is -2.16. The fraction of sp³-hybridized carbons (Fsp3) is 0.538. The number of halogens is 3. The summed E-state index contributed by atoms with van der Waals surface area (Å²) < 4.78 is 13.1. The third-order valence-electron chi connectivity index (χ3n) is 2.66. The minimum absolute atomic E-state index is 0.217. The van der Waals surface area contributed by atoms with Crippen molar-refractivity contribution in [3.63, 3.8) is 0 Å². The highest BCUT2D eigenvalue weighted by Crippen LogP contribution is 2.19. The van der Waals surface area contributed by atoms with Crippen LogP contribution in [0.2, 0.25) is 5.02 Å². The van der Waals surface area contributed by atoms with Gasteiger partial charge in [-0.15, -0.1) is 11.6 Å². The molecule has 0 saturated heterocycles. The maximum atomic E-state index is 13.1. The van der Waals surface area contributed by atoms with Crippen LogP contribution in [0.15, 0.2) is 18.2 Å². The summed E-state index contributed by atoms with van der Waals surface area (Å²) in [6.07, 6.45) is 2.17. The molecule has 1 aromatic carbocycles. The van der Waals surface area contributed by atoms with Gasteiger partial charge < -0.3 is 5.32 Å². The van der Waals surface area contributed by atoms with Gasteiger partial charge in [0.05, 0.1) is 5.02 Å². The number of benzene rings is 1. The van der Waals surface area contributed by atoms with Crippen molar-refractivity contribution in [3.8, 4) is 0 Å². The number of nitrogens with one attached hydrogen (secondary N) is 1. The van der Waals surface area contributed by atoms with Gasteiger partial charge in [0, 0.05) is 12.4 Å². The largest absolute Gasteiger partial charge is 0.313 e. The lowest BCUT2D eigenvalue weighted by atomic mass is 10.1. The number of hydrogen-bond donors (Lipinski definition) is 1. The highest BCUT2D eigenvalue weighted by atomic mass is 35.5. The zero-order chi connectivity index (χ0) is 12.7. The van der Waals surface area contributed by atoms with Crippen LogP contribution in [0.1, 0.15) is 25.3 Å². The molecule has 0 aliphatic rings. The van der Waals surface area contributed by atoms with Crippen molar-refractivity contribution in [2.45, 2.75) is 26.3 Å². The highest BCUT2D eigenvalue weighted by Gasteiger charge is 2.05. The Labute approximate surface area is 112 Å². The summed E-state index contributed by atoms with van der Waals surface area (Å²) in [7, 11) is 0. The van der Waals surface area contributed by atoms with E-state index >= 15 is 0 Å². The van der Waals surface area contributed by atoms with Crippen LogP contribution in [-0.2, 0) is 6.54 Å². The predicted molar refractivity (Wildman–Crippen MR) is 72.2 cm³/mol. The van der Waals surface area contributed by atoms with Crippen molar-refractivity contribution in [1.82, 2.24) is 5.32 Å². The molecule has 0 fully saturated rings. The van der Waals surface area contributed by atoms with E-state index in [-0.39, 0.29) is 10.8 Å². The van der Waals surface area contributed by atoms with E-state index < -0.39 is 0 Å². The first kappa shape index (κ1) is 14.7. The van der Waals surface area contributed by atoms with E-state index in [0.717, 1.165) is 24.9 Å². The minimum Gasteiger partial charge on any atom is -0.313 e. The molecule has 1 aromatic rings. The molecule has 1 unspecified atom stereocenters. The predicted octanol–water partition coefficient (Wildman–Crippen LogP) is 4.22. The van der Waals surface area contributed by atoms with Crippen molar-refractivity contribution in [3.05, 3.63) is 34.6 Å². The van der Waals surface area contributed by atoms with Gasteiger partial charge in [0.2, 0.25) is 0 Å². The summed E-state index contributed by atoms with van der Waals surface area (Å²) in [5, 5.41) is 3.47. The van der Waals surface area contributed by atoms with Crippen LogP contribution in [0.25, 0.3) is 0 Å². The van der Waals surface area contributed by atoms with Crippen LogP contribution in [-0.4, -0.2) is 12.4 Å². The molecule has 4 heteroatoms. The topological polar surface area (TPSA) is 12.0 Å². The van der Waals surface area contributed by atoms with Gasteiger partial charge in [-0.3, -0.25) is 0 Å². The van der Waals surface area contributed by atoms with E-state index in [0.29, 0.717) is 18.3 Å². The summed E-state index contributed by atoms with van der Waals surface area (Å²) >= 11 is 11.6. The smallest absolute Gasteiger partial charge is 0.142 e. The quantitative estimate of drug-likeness (QED) is 0.581. The molecule has 1 N–H and O–H groups in total. The Hall–Kier alpha value is -0.310. The number of hydrogen-bond acceptors (Lipinski definition) is 1. The van der Waals surface area contributed by atoms with E-state index in [1.165, 1.54) is 6.07 Å². The summed E-state index contributed by atoms with van der Waals surface area (Å²) in [4.78, 5) is 0. The third-order valence-corrected chi connectivity index (χ3v) is 3.61. The van der Waals surface area contributed by atoms with Crippen molar-refractivity contribution >= 4 is 23.2 Å². The fourth-order valence-corrected chi connectivity index (χ4v) is 1.91. The van der Waals surface area contributed by atoms with Gasteiger partial charge in [-0.05, 0) is 36.9 Å². The number of rotatable bonds is 7. The van der Waals surface area contributed by atoms with Crippen LogP contribution in [0.3, 0.4) is 0 Å². The van der Waals surface area contributed by atoms with E-state index in [2.05, 4.69) is 12.2 Å². The van der Waals surface area contributed by atoms with Crippen molar-refractivity contribution in [2.75, 3.05) is 12.4 Å². The second-order valence-corrected chi connectivity index (χ2v) is 4.98. The first-order valence-electron chi connectivity index (χ1n) is 5.84. The molecule has 0 aliphatic carbocycles. The lowest BCUT2D eigenvalue weighted by Gasteiger charge is -2.09. The maximum absolute atomic E-state index is 13.1. The van der Waals surface area contributed by atoms with Gasteiger partial charge in [-0.25, -0.2) is 4.39 Å². The molecule has 96 valence electrons. The van der Waals surface area contributed by atoms with Gasteiger partial charge >= 0.3 is 0 Å². The summed E-state index contributed by atoms with van der Waals surface area (Å²) in [5.41, 5.74) is 0.803. The Balaban J connectivity index is 2.25. The van der Waals surface area contributed by atoms with Gasteiger partial charge in [-0.1, -0.05) is 30.7 Å². The number of alkyl halides is 1. The Kier molecular flexibility index (Phi) is 6.86. The zero-order valence-electron chi connectivity index (χ0n) is 9.98. The standard InChI is InChI=1S/C13H18Cl2FN/c1-10(8-14)4-3-7-17-9-11-5-2-6-12(16)13(11)15/h2,5-6,10,17H,3-4,7-9H2,1H3. The Morgan fingerprint density at radius 1 is 1.41 bits per heavy atom. The highest BCUT2D eigenvalue weighted by molar-refractivity contribution is 6.31. The molecule has 17 heavy (non-hydrogen) atoms. The molecule has 0 aliphatic heterocycles. The Morgan fingerprint density at radius 2 is 2.18 bits per heavy atom. The van der Waals surface area contributed by atoms with Gasteiger partial charge in [0.25, 0.3) is 0 Å². The summed E-state index contributed by atoms with van der Waals surface area (Å²) in [6, 6.07) is 4.88. The molecule has 1 rings (SSSR count). The van der Waals surface area contributed by atoms with E-state index in [4.69, 9.17) is 23.2 Å². The molecule has 0 amide bonds. The van der Waals surface area contributed by atoms with Gasteiger partial charge in [0.1, 0.15) is 5.82 Å². The molecule has 0 saturated carbocycles. The molecule has 1 nitrogen and oxygen atoms in total. The summed E-state index contributed by atoms with van der Waals surface area (Å²) in [6.45, 7) is 3.64. The molecule has 0 aromatic heterocycles. The van der Waals surface area contributed by atoms with Crippen LogP contribution < -0.4 is 5.32 Å². The zero-order valence-corrected chi connectivity index (χ0v) is 11.5. The molecule has 0 bridgehead atoms. The van der Waals surface area contributed by atoms with Gasteiger partial charge in [0.15, 0.2) is 0 Å². The molecular weight excluding hydrogens is 260 g/mol. The van der Waals surface area contributed by atoms with Crippen molar-refractivity contribution in [1.29, 1.82) is 0 Å². The average molecular weight is 278 g/mol. The second kappa shape index (κ2) is 7.91. The molecule has 1 atom stereocenters. The normalized spacial score (nSPS) is 12.7. The first-order valence-corrected chi connectivity index (χ1v) is 6.76. The van der Waals surface area contributed by atoms with Crippen LogP contribution in [0.4, 0.5) is 4.39 Å². The fourth-order valence-electron chi connectivity index (χ4n) is 1.56. The van der Waals surface area contributed by atoms with E-state index in [1.807, 2.05) is 6.07 Å². The average Bonchev–Trinajstić information content (AvgIpc) is 2.33. The lowest BCUT2D eigenvalue weighted by molar-refractivity contribution is 0.531. The monoisotopic (exact) mass is 277 g/mol. The second-order valence-electron chi connectivity index (χ2n) is 4.29. The Bertz CT molecular complexity index is 344. The first-order chi connectivity index (χ1) is 8.15. The molecular formula is C13H18Cl2FN. The van der Waals surface area contributed by atoms with E-state index in [9.17, 15) is 4.39 Å². The van der Waals surface area contributed by atoms with Crippen molar-refractivity contribution in [2.24, 2.45) is 5.92 Å². The molecule has 0 spiro atoms. The molecule has 0 heterocycles. The third kappa shape index (κ3) is 5.24. The minimum atomic E-state index is -0.360. The van der Waals surface area contributed by atoms with Crippen LogP contribution in [0.5, 0.6) is 0 Å². The summed E-state index contributed by atoms with van der Waals surface area (Å²) in [5.74, 6) is 0.897. The van der Waals surface area contributed by atoms with E-state index in [1.54, 1.807) is 6.07 Å². The Morgan fingerprint density at radius 3 is 2.88 bits per heavy atom. The van der Waals surface area contributed by atoms with Crippen LogP contribution >= 0.6 is 23.2 Å². The molecule has 0 radical (unpaired) electrons.